The van der Waals surface area contributed by atoms with Gasteiger partial charge in [0.2, 0.25) is 0 Å². The highest BCUT2D eigenvalue weighted by molar-refractivity contribution is 6.35. The SMILES string of the molecule is COc1cc[nH]c1C=C1C(=O)Nc2cccc(C=CCOCC3COC(C)(C)O3)c21. The summed E-state index contributed by atoms with van der Waals surface area (Å²) < 4.78 is 22.3. The molecule has 158 valence electrons. The molecule has 1 fully saturated rings. The summed E-state index contributed by atoms with van der Waals surface area (Å²) in [5, 5.41) is 2.93. The molecule has 3 heterocycles. The molecule has 1 unspecified atom stereocenters. The van der Waals surface area contributed by atoms with Crippen molar-refractivity contribution < 1.29 is 23.7 Å². The maximum absolute atomic E-state index is 12.6. The second kappa shape index (κ2) is 8.47. The zero-order valence-electron chi connectivity index (χ0n) is 17.4. The largest absolute Gasteiger partial charge is 0.495 e. The van der Waals surface area contributed by atoms with E-state index in [2.05, 4.69) is 10.3 Å². The van der Waals surface area contributed by atoms with Crippen LogP contribution in [0.25, 0.3) is 17.7 Å². The summed E-state index contributed by atoms with van der Waals surface area (Å²) in [5.41, 5.74) is 3.93. The summed E-state index contributed by atoms with van der Waals surface area (Å²) in [5.74, 6) is 0.00431. The van der Waals surface area contributed by atoms with Crippen LogP contribution in [0.15, 0.2) is 36.5 Å². The zero-order chi connectivity index (χ0) is 21.1. The summed E-state index contributed by atoms with van der Waals surface area (Å²) in [6.07, 6.45) is 7.44. The molecule has 1 aromatic carbocycles. The number of benzene rings is 1. The standard InChI is InChI=1S/C23H26N2O5/c1-23(2)29-14-16(30-23)13-28-11-5-7-15-6-4-8-18-21(15)17(22(26)25-18)12-19-20(27-3)9-10-24-19/h4-10,12,16,24H,11,13-14H2,1-3H3,(H,25,26). The molecule has 7 nitrogen and oxygen atoms in total. The molecule has 1 amide bonds. The van der Waals surface area contributed by atoms with Gasteiger partial charge in [-0.2, -0.15) is 0 Å². The first kappa shape index (κ1) is 20.4. The molecular weight excluding hydrogens is 384 g/mol. The van der Waals surface area contributed by atoms with Crippen LogP contribution in [0.2, 0.25) is 0 Å². The van der Waals surface area contributed by atoms with Crippen molar-refractivity contribution in [3.8, 4) is 5.75 Å². The van der Waals surface area contributed by atoms with Gasteiger partial charge in [-0.15, -0.1) is 0 Å². The number of rotatable bonds is 7. The molecule has 2 aliphatic heterocycles. The Morgan fingerprint density at radius 1 is 1.30 bits per heavy atom. The van der Waals surface area contributed by atoms with E-state index in [1.807, 2.05) is 56.3 Å². The van der Waals surface area contributed by atoms with Gasteiger partial charge in [-0.05, 0) is 37.6 Å². The number of hydrogen-bond acceptors (Lipinski definition) is 5. The highest BCUT2D eigenvalue weighted by Crippen LogP contribution is 2.37. The highest BCUT2D eigenvalue weighted by atomic mass is 16.7. The number of ether oxygens (including phenoxy) is 4. The average Bonchev–Trinajstić information content (AvgIpc) is 3.39. The number of fused-ring (bicyclic) bond motifs is 1. The van der Waals surface area contributed by atoms with E-state index in [0.29, 0.717) is 31.1 Å². The third-order valence-electron chi connectivity index (χ3n) is 4.99. The zero-order valence-corrected chi connectivity index (χ0v) is 17.4. The van der Waals surface area contributed by atoms with Crippen molar-refractivity contribution in [2.24, 2.45) is 0 Å². The van der Waals surface area contributed by atoms with Gasteiger partial charge in [-0.3, -0.25) is 4.79 Å². The first-order chi connectivity index (χ1) is 14.5. The molecule has 4 rings (SSSR count). The van der Waals surface area contributed by atoms with E-state index in [0.717, 1.165) is 22.5 Å². The summed E-state index contributed by atoms with van der Waals surface area (Å²) in [6, 6.07) is 7.62. The van der Waals surface area contributed by atoms with Crippen molar-refractivity contribution >= 4 is 29.3 Å². The number of hydrogen-bond donors (Lipinski definition) is 2. The van der Waals surface area contributed by atoms with E-state index in [9.17, 15) is 4.79 Å². The van der Waals surface area contributed by atoms with Gasteiger partial charge in [0.05, 0.1) is 38.2 Å². The number of methoxy groups -OCH3 is 1. The molecule has 1 aromatic heterocycles. The summed E-state index contributed by atoms with van der Waals surface area (Å²) in [7, 11) is 1.60. The van der Waals surface area contributed by atoms with Crippen LogP contribution in [0.4, 0.5) is 5.69 Å². The van der Waals surface area contributed by atoms with Gasteiger partial charge >= 0.3 is 0 Å². The minimum absolute atomic E-state index is 0.0542. The van der Waals surface area contributed by atoms with Crippen molar-refractivity contribution in [1.82, 2.24) is 4.98 Å². The second-order valence-corrected chi connectivity index (χ2v) is 7.63. The Labute approximate surface area is 175 Å². The first-order valence-electron chi connectivity index (χ1n) is 9.91. The van der Waals surface area contributed by atoms with Crippen LogP contribution in [0.1, 0.15) is 30.7 Å². The predicted molar refractivity (Wildman–Crippen MR) is 115 cm³/mol. The molecule has 1 atom stereocenters. The lowest BCUT2D eigenvalue weighted by Gasteiger charge is -2.16. The highest BCUT2D eigenvalue weighted by Gasteiger charge is 2.32. The molecule has 7 heteroatoms. The average molecular weight is 410 g/mol. The molecule has 0 bridgehead atoms. The van der Waals surface area contributed by atoms with Gasteiger partial charge in [0.1, 0.15) is 11.9 Å². The van der Waals surface area contributed by atoms with E-state index < -0.39 is 5.79 Å². The number of nitrogens with one attached hydrogen (secondary N) is 2. The van der Waals surface area contributed by atoms with E-state index in [-0.39, 0.29) is 12.0 Å². The Balaban J connectivity index is 1.46. The Hall–Kier alpha value is -2.87. The van der Waals surface area contributed by atoms with Crippen molar-refractivity contribution in [2.45, 2.75) is 25.7 Å². The van der Waals surface area contributed by atoms with Crippen LogP contribution in [0, 0.1) is 0 Å². The maximum Gasteiger partial charge on any atom is 0.256 e. The van der Waals surface area contributed by atoms with Crippen molar-refractivity contribution in [2.75, 3.05) is 32.2 Å². The Morgan fingerprint density at radius 2 is 2.17 bits per heavy atom. The fraction of sp³-hybridized carbons (Fsp3) is 0.348. The van der Waals surface area contributed by atoms with Crippen molar-refractivity contribution in [3.05, 3.63) is 53.4 Å². The Kier molecular flexibility index (Phi) is 5.76. The third kappa shape index (κ3) is 4.33. The molecule has 0 radical (unpaired) electrons. The fourth-order valence-electron chi connectivity index (χ4n) is 3.65. The van der Waals surface area contributed by atoms with Crippen LogP contribution in [-0.4, -0.2) is 49.7 Å². The van der Waals surface area contributed by atoms with Gasteiger partial charge in [0.25, 0.3) is 5.91 Å². The summed E-state index contributed by atoms with van der Waals surface area (Å²) in [6.45, 7) is 5.23. The Morgan fingerprint density at radius 3 is 2.93 bits per heavy atom. The number of H-pyrrole nitrogens is 1. The van der Waals surface area contributed by atoms with E-state index in [4.69, 9.17) is 18.9 Å². The topological polar surface area (TPSA) is 81.8 Å². The molecule has 30 heavy (non-hydrogen) atoms. The molecule has 0 saturated carbocycles. The van der Waals surface area contributed by atoms with Gasteiger partial charge in [-0.25, -0.2) is 0 Å². The molecule has 2 aliphatic rings. The van der Waals surface area contributed by atoms with Crippen LogP contribution in [-0.2, 0) is 19.0 Å². The van der Waals surface area contributed by atoms with E-state index in [1.54, 1.807) is 13.3 Å². The van der Waals surface area contributed by atoms with Gasteiger partial charge < -0.3 is 29.2 Å². The Bertz CT molecular complexity index is 989. The number of anilines is 1. The maximum atomic E-state index is 12.6. The molecule has 1 saturated heterocycles. The number of amides is 1. The summed E-state index contributed by atoms with van der Waals surface area (Å²) in [4.78, 5) is 15.7. The number of carbonyl (C=O) groups is 1. The van der Waals surface area contributed by atoms with E-state index in [1.165, 1.54) is 0 Å². The van der Waals surface area contributed by atoms with Crippen molar-refractivity contribution in [3.63, 3.8) is 0 Å². The monoisotopic (exact) mass is 410 g/mol. The molecule has 0 aliphatic carbocycles. The number of carbonyl (C=O) groups excluding carboxylic acids is 1. The minimum atomic E-state index is -0.543. The van der Waals surface area contributed by atoms with Crippen LogP contribution < -0.4 is 10.1 Å². The van der Waals surface area contributed by atoms with E-state index >= 15 is 0 Å². The lowest BCUT2D eigenvalue weighted by Crippen LogP contribution is -2.24. The second-order valence-electron chi connectivity index (χ2n) is 7.63. The third-order valence-corrected chi connectivity index (χ3v) is 4.99. The quantitative estimate of drug-likeness (QED) is 0.537. The number of aromatic nitrogens is 1. The lowest BCUT2D eigenvalue weighted by molar-refractivity contribution is -0.144. The van der Waals surface area contributed by atoms with Gasteiger partial charge in [-0.1, -0.05) is 24.3 Å². The van der Waals surface area contributed by atoms with Crippen LogP contribution in [0.3, 0.4) is 0 Å². The normalized spacial score (nSPS) is 21.4. The smallest absolute Gasteiger partial charge is 0.256 e. The van der Waals surface area contributed by atoms with Gasteiger partial charge in [0.15, 0.2) is 5.79 Å². The minimum Gasteiger partial charge on any atom is -0.495 e. The molecule has 2 aromatic rings. The number of aromatic amines is 1. The predicted octanol–water partition coefficient (Wildman–Crippen LogP) is 3.70. The lowest BCUT2D eigenvalue weighted by atomic mass is 9.99. The van der Waals surface area contributed by atoms with Crippen LogP contribution >= 0.6 is 0 Å². The molecule has 2 N–H and O–H groups in total. The summed E-state index contributed by atoms with van der Waals surface area (Å²) >= 11 is 0. The molecule has 0 spiro atoms. The fourth-order valence-corrected chi connectivity index (χ4v) is 3.65. The van der Waals surface area contributed by atoms with Crippen molar-refractivity contribution in [1.29, 1.82) is 0 Å². The molecular formula is C23H26N2O5. The van der Waals surface area contributed by atoms with Gasteiger partial charge in [0, 0.05) is 17.4 Å². The van der Waals surface area contributed by atoms with Crippen LogP contribution in [0.5, 0.6) is 5.75 Å². The first-order valence-corrected chi connectivity index (χ1v) is 9.91.